The van der Waals surface area contributed by atoms with Gasteiger partial charge in [0.1, 0.15) is 11.9 Å². The second kappa shape index (κ2) is 5.84. The minimum atomic E-state index is -4.41. The van der Waals surface area contributed by atoms with Crippen molar-refractivity contribution in [3.05, 3.63) is 17.7 Å². The molecule has 88 valence electrons. The summed E-state index contributed by atoms with van der Waals surface area (Å²) in [5, 5.41) is 0. The Hall–Kier alpha value is -0.920. The highest BCUT2D eigenvalue weighted by atomic mass is 32.3. The third kappa shape index (κ3) is 5.50. The fourth-order valence-corrected chi connectivity index (χ4v) is 0.936. The van der Waals surface area contributed by atoms with E-state index in [1.165, 1.54) is 11.5 Å². The number of aromatic nitrogens is 2. The van der Waals surface area contributed by atoms with Crippen LogP contribution in [0.1, 0.15) is 18.4 Å². The highest BCUT2D eigenvalue weighted by molar-refractivity contribution is 7.80. The molecule has 1 aromatic rings. The lowest BCUT2D eigenvalue weighted by atomic mass is 10.4. The van der Waals surface area contributed by atoms with Crippen molar-refractivity contribution in [3.8, 4) is 0 Å². The maximum absolute atomic E-state index is 9.22. The van der Waals surface area contributed by atoms with Crippen molar-refractivity contribution in [2.45, 2.75) is 20.3 Å². The molecular formula is C8H16N2O4S. The van der Waals surface area contributed by atoms with Gasteiger partial charge in [0.05, 0.1) is 14.2 Å². The van der Waals surface area contributed by atoms with Crippen molar-refractivity contribution in [3.63, 3.8) is 0 Å². The Labute approximate surface area is 89.9 Å². The second-order valence-corrected chi connectivity index (χ2v) is 4.00. The summed E-state index contributed by atoms with van der Waals surface area (Å²) in [5.41, 5.74) is 1.35. The summed E-state index contributed by atoms with van der Waals surface area (Å²) in [6, 6.07) is 0. The van der Waals surface area contributed by atoms with Gasteiger partial charge in [-0.25, -0.2) is 18.0 Å². The number of H-pyrrole nitrogens is 1. The number of nitrogens with zero attached hydrogens (tertiary/aromatic N) is 1. The largest absolute Gasteiger partial charge is 0.726 e. The molecule has 0 bridgehead atoms. The standard InChI is InChI=1S/C7H12N2.CH4O4S/c1-4-7-5-8-6(2)9(7)3;1-5-6(2,3)4/h5H,4H2,1-3H3;1H3,(H,2,3,4). The van der Waals surface area contributed by atoms with Crippen molar-refractivity contribution in [1.29, 1.82) is 0 Å². The molecule has 15 heavy (non-hydrogen) atoms. The molecule has 0 aliphatic carbocycles. The van der Waals surface area contributed by atoms with Gasteiger partial charge in [-0.05, 0) is 0 Å². The van der Waals surface area contributed by atoms with Crippen molar-refractivity contribution in [1.82, 2.24) is 4.98 Å². The molecule has 0 spiro atoms. The number of imidazole rings is 1. The first kappa shape index (κ1) is 14.1. The van der Waals surface area contributed by atoms with E-state index in [2.05, 4.69) is 40.8 Å². The smallest absolute Gasteiger partial charge is 0.251 e. The van der Waals surface area contributed by atoms with E-state index in [4.69, 9.17) is 0 Å². The molecular weight excluding hydrogens is 220 g/mol. The number of aryl methyl sites for hydroxylation is 2. The van der Waals surface area contributed by atoms with Crippen LogP contribution in [0, 0.1) is 6.92 Å². The average Bonchev–Trinajstić information content (AvgIpc) is 2.47. The summed E-state index contributed by atoms with van der Waals surface area (Å²) in [4.78, 5) is 3.15. The van der Waals surface area contributed by atoms with Crippen LogP contribution in [0.5, 0.6) is 0 Å². The van der Waals surface area contributed by atoms with Gasteiger partial charge in [-0.1, -0.05) is 6.92 Å². The van der Waals surface area contributed by atoms with Crippen LogP contribution in [0.25, 0.3) is 0 Å². The molecule has 1 N–H and O–H groups in total. The molecule has 0 fully saturated rings. The van der Waals surface area contributed by atoms with Gasteiger partial charge in [-0.3, -0.25) is 4.18 Å². The van der Waals surface area contributed by atoms with Gasteiger partial charge in [0.25, 0.3) is 5.82 Å². The summed E-state index contributed by atoms with van der Waals surface area (Å²) in [7, 11) is -1.53. The average molecular weight is 236 g/mol. The van der Waals surface area contributed by atoms with E-state index in [1.807, 2.05) is 0 Å². The number of nitrogens with one attached hydrogen (secondary N) is 1. The van der Waals surface area contributed by atoms with Gasteiger partial charge in [0.15, 0.2) is 0 Å². The predicted molar refractivity (Wildman–Crippen MR) is 52.8 cm³/mol. The van der Waals surface area contributed by atoms with Gasteiger partial charge in [-0.2, -0.15) is 0 Å². The van der Waals surface area contributed by atoms with Crippen LogP contribution in [0.4, 0.5) is 0 Å². The molecule has 1 heterocycles. The highest BCUT2D eigenvalue weighted by Gasteiger charge is 2.05. The normalized spacial score (nSPS) is 10.7. The quantitative estimate of drug-likeness (QED) is 0.438. The first-order valence-corrected chi connectivity index (χ1v) is 5.69. The van der Waals surface area contributed by atoms with E-state index < -0.39 is 10.4 Å². The maximum atomic E-state index is 9.22. The van der Waals surface area contributed by atoms with Crippen molar-refractivity contribution in [2.75, 3.05) is 7.11 Å². The summed E-state index contributed by atoms with van der Waals surface area (Å²) in [5.74, 6) is 1.21. The lowest BCUT2D eigenvalue weighted by molar-refractivity contribution is -0.683. The molecule has 0 saturated carbocycles. The fraction of sp³-hybridized carbons (Fsp3) is 0.625. The van der Waals surface area contributed by atoms with E-state index >= 15 is 0 Å². The monoisotopic (exact) mass is 236 g/mol. The molecule has 0 unspecified atom stereocenters. The molecule has 1 aromatic heterocycles. The van der Waals surface area contributed by atoms with E-state index in [-0.39, 0.29) is 0 Å². The molecule has 0 amide bonds. The van der Waals surface area contributed by atoms with Gasteiger partial charge >= 0.3 is 0 Å². The van der Waals surface area contributed by atoms with Crippen LogP contribution >= 0.6 is 0 Å². The zero-order chi connectivity index (χ0) is 12.1. The van der Waals surface area contributed by atoms with Crippen LogP contribution in [-0.2, 0) is 28.1 Å². The van der Waals surface area contributed by atoms with E-state index in [9.17, 15) is 13.0 Å². The summed E-state index contributed by atoms with van der Waals surface area (Å²) < 4.78 is 33.2. The number of rotatable bonds is 2. The Morgan fingerprint density at radius 2 is 2.07 bits per heavy atom. The van der Waals surface area contributed by atoms with Crippen molar-refractivity contribution >= 4 is 10.4 Å². The SMILES string of the molecule is CCc1c[nH]c(C)[n+]1C.COS(=O)(=O)[O-]. The molecule has 0 aliphatic heterocycles. The number of hydrogen-bond donors (Lipinski definition) is 1. The second-order valence-electron chi connectivity index (χ2n) is 2.85. The zero-order valence-corrected chi connectivity index (χ0v) is 10.1. The molecule has 6 nitrogen and oxygen atoms in total. The molecule has 1 rings (SSSR count). The van der Waals surface area contributed by atoms with Crippen LogP contribution in [-0.4, -0.2) is 25.1 Å². The lowest BCUT2D eigenvalue weighted by Gasteiger charge is -1.98. The van der Waals surface area contributed by atoms with Gasteiger partial charge in [0, 0.05) is 13.3 Å². The fourth-order valence-electron chi connectivity index (χ4n) is 0.936. The Morgan fingerprint density at radius 1 is 1.60 bits per heavy atom. The molecule has 0 aliphatic rings. The first-order valence-electron chi connectivity index (χ1n) is 4.36. The number of aromatic amines is 1. The molecule has 7 heteroatoms. The van der Waals surface area contributed by atoms with Crippen LogP contribution in [0.3, 0.4) is 0 Å². The molecule has 0 aromatic carbocycles. The Morgan fingerprint density at radius 3 is 2.20 bits per heavy atom. The Bertz CT molecular complexity index is 397. The van der Waals surface area contributed by atoms with Crippen LogP contribution < -0.4 is 4.57 Å². The minimum Gasteiger partial charge on any atom is -0.726 e. The number of hydrogen-bond acceptors (Lipinski definition) is 4. The third-order valence-corrected chi connectivity index (χ3v) is 2.36. The summed E-state index contributed by atoms with van der Waals surface area (Å²) >= 11 is 0. The molecule has 0 radical (unpaired) electrons. The van der Waals surface area contributed by atoms with Crippen LogP contribution in [0.2, 0.25) is 0 Å². The van der Waals surface area contributed by atoms with E-state index in [0.29, 0.717) is 0 Å². The third-order valence-electron chi connectivity index (χ3n) is 1.95. The first-order chi connectivity index (χ1) is 6.81. The van der Waals surface area contributed by atoms with Gasteiger partial charge in [0.2, 0.25) is 10.4 Å². The molecule has 0 atom stereocenters. The van der Waals surface area contributed by atoms with Gasteiger partial charge < -0.3 is 4.55 Å². The topological polar surface area (TPSA) is 86.1 Å². The Kier molecular flexibility index (Phi) is 5.48. The summed E-state index contributed by atoms with van der Waals surface area (Å²) in [6.45, 7) is 4.22. The zero-order valence-electron chi connectivity index (χ0n) is 9.27. The summed E-state index contributed by atoms with van der Waals surface area (Å²) in [6.07, 6.45) is 3.15. The minimum absolute atomic E-state index is 0.808. The van der Waals surface area contributed by atoms with E-state index in [0.717, 1.165) is 13.5 Å². The van der Waals surface area contributed by atoms with Gasteiger partial charge in [-0.15, -0.1) is 0 Å². The predicted octanol–water partition coefficient (Wildman–Crippen LogP) is -0.197. The van der Waals surface area contributed by atoms with Crippen molar-refractivity contribution < 1.29 is 21.7 Å². The van der Waals surface area contributed by atoms with Crippen LogP contribution in [0.15, 0.2) is 6.20 Å². The maximum Gasteiger partial charge on any atom is 0.251 e. The van der Waals surface area contributed by atoms with Crippen molar-refractivity contribution in [2.24, 2.45) is 7.05 Å². The lowest BCUT2D eigenvalue weighted by Crippen LogP contribution is -2.33. The highest BCUT2D eigenvalue weighted by Crippen LogP contribution is 1.91. The Balaban J connectivity index is 0.000000288. The molecule has 0 saturated heterocycles. The van der Waals surface area contributed by atoms with E-state index in [1.54, 1.807) is 0 Å².